The van der Waals surface area contributed by atoms with Crippen LogP contribution in [0.5, 0.6) is 0 Å². The van der Waals surface area contributed by atoms with Crippen molar-refractivity contribution < 1.29 is 13.2 Å². The lowest BCUT2D eigenvalue weighted by atomic mass is 9.94. The zero-order valence-electron chi connectivity index (χ0n) is 10.7. The number of rotatable bonds is 10. The minimum absolute atomic E-state index is 0.0266. The lowest BCUT2D eigenvalue weighted by Gasteiger charge is -2.15. The lowest BCUT2D eigenvalue weighted by molar-refractivity contribution is -0.133. The number of nitrogens with two attached hydrogens (primary N) is 1. The van der Waals surface area contributed by atoms with E-state index in [0.29, 0.717) is 19.0 Å². The minimum Gasteiger partial charge on any atom is -0.330 e. The first-order chi connectivity index (χ1) is 7.99. The van der Waals surface area contributed by atoms with E-state index in [0.717, 1.165) is 25.7 Å². The number of alkyl halides is 3. The fourth-order valence-corrected chi connectivity index (χ4v) is 1.95. The molecular formula is C12H25F3N2. The maximum atomic E-state index is 11.8. The van der Waals surface area contributed by atoms with Crippen LogP contribution >= 0.6 is 0 Å². The Morgan fingerprint density at radius 2 is 1.82 bits per heavy atom. The molecule has 0 bridgehead atoms. The van der Waals surface area contributed by atoms with E-state index in [1.54, 1.807) is 0 Å². The van der Waals surface area contributed by atoms with Crippen LogP contribution in [-0.4, -0.2) is 25.8 Å². The summed E-state index contributed by atoms with van der Waals surface area (Å²) in [5, 5.41) is 2.83. The molecule has 0 saturated heterocycles. The topological polar surface area (TPSA) is 38.0 Å². The van der Waals surface area contributed by atoms with E-state index < -0.39 is 12.6 Å². The Hall–Kier alpha value is -0.290. The molecule has 0 aromatic rings. The van der Waals surface area contributed by atoms with Crippen LogP contribution in [0.1, 0.15) is 45.4 Å². The minimum atomic E-state index is -4.04. The van der Waals surface area contributed by atoms with Crippen LogP contribution in [0, 0.1) is 5.92 Å². The Kier molecular flexibility index (Phi) is 9.55. The molecule has 1 atom stereocenters. The molecule has 0 radical (unpaired) electrons. The van der Waals surface area contributed by atoms with Crippen molar-refractivity contribution in [3.63, 3.8) is 0 Å². The SMILES string of the molecule is CCCC(CCN)CCCNCCC(F)(F)F. The highest BCUT2D eigenvalue weighted by atomic mass is 19.4. The number of halogens is 3. The molecule has 5 heteroatoms. The molecule has 17 heavy (non-hydrogen) atoms. The van der Waals surface area contributed by atoms with Gasteiger partial charge in [-0.3, -0.25) is 0 Å². The second-order valence-corrected chi connectivity index (χ2v) is 4.49. The van der Waals surface area contributed by atoms with Gasteiger partial charge in [-0.05, 0) is 38.3 Å². The molecule has 0 spiro atoms. The summed E-state index contributed by atoms with van der Waals surface area (Å²) >= 11 is 0. The van der Waals surface area contributed by atoms with Crippen LogP contribution in [0.3, 0.4) is 0 Å². The van der Waals surface area contributed by atoms with Crippen LogP contribution in [0.25, 0.3) is 0 Å². The molecule has 2 nitrogen and oxygen atoms in total. The fourth-order valence-electron chi connectivity index (χ4n) is 1.95. The quantitative estimate of drug-likeness (QED) is 0.588. The van der Waals surface area contributed by atoms with Gasteiger partial charge in [-0.15, -0.1) is 0 Å². The summed E-state index contributed by atoms with van der Waals surface area (Å²) in [5.74, 6) is 0.634. The summed E-state index contributed by atoms with van der Waals surface area (Å²) in [5.41, 5.74) is 5.52. The molecule has 1 unspecified atom stereocenters. The van der Waals surface area contributed by atoms with Crippen molar-refractivity contribution in [2.45, 2.75) is 51.6 Å². The molecule has 3 N–H and O–H groups in total. The third-order valence-corrected chi connectivity index (χ3v) is 2.82. The Morgan fingerprint density at radius 3 is 2.35 bits per heavy atom. The molecule has 0 saturated carbocycles. The van der Waals surface area contributed by atoms with Crippen LogP contribution in [0.4, 0.5) is 13.2 Å². The lowest BCUT2D eigenvalue weighted by Crippen LogP contribution is -2.23. The zero-order chi connectivity index (χ0) is 13.1. The standard InChI is InChI=1S/C12H25F3N2/c1-2-4-11(6-8-16)5-3-9-17-10-7-12(13,14)15/h11,17H,2-10,16H2,1H3. The molecule has 0 amide bonds. The molecule has 0 aliphatic rings. The van der Waals surface area contributed by atoms with Crippen LogP contribution in [-0.2, 0) is 0 Å². The van der Waals surface area contributed by atoms with Gasteiger partial charge in [0, 0.05) is 6.54 Å². The summed E-state index contributed by atoms with van der Waals surface area (Å²) in [6, 6.07) is 0. The number of hydrogen-bond donors (Lipinski definition) is 2. The second-order valence-electron chi connectivity index (χ2n) is 4.49. The zero-order valence-corrected chi connectivity index (χ0v) is 10.7. The molecule has 0 aliphatic heterocycles. The fraction of sp³-hybridized carbons (Fsp3) is 1.00. The highest BCUT2D eigenvalue weighted by Crippen LogP contribution is 2.18. The molecule has 0 fully saturated rings. The van der Waals surface area contributed by atoms with E-state index in [4.69, 9.17) is 5.73 Å². The number of nitrogens with one attached hydrogen (secondary N) is 1. The Bertz CT molecular complexity index is 166. The Morgan fingerprint density at radius 1 is 1.12 bits per heavy atom. The highest BCUT2D eigenvalue weighted by Gasteiger charge is 2.25. The van der Waals surface area contributed by atoms with Crippen molar-refractivity contribution in [1.82, 2.24) is 5.32 Å². The van der Waals surface area contributed by atoms with Gasteiger partial charge >= 0.3 is 6.18 Å². The molecule has 0 aromatic heterocycles. The van der Waals surface area contributed by atoms with Gasteiger partial charge in [-0.2, -0.15) is 13.2 Å². The third kappa shape index (κ3) is 12.0. The molecular weight excluding hydrogens is 229 g/mol. The van der Waals surface area contributed by atoms with E-state index in [-0.39, 0.29) is 6.54 Å². The van der Waals surface area contributed by atoms with E-state index >= 15 is 0 Å². The summed E-state index contributed by atoms with van der Waals surface area (Å²) < 4.78 is 35.5. The van der Waals surface area contributed by atoms with E-state index in [1.165, 1.54) is 6.42 Å². The van der Waals surface area contributed by atoms with Gasteiger partial charge in [-0.1, -0.05) is 19.8 Å². The van der Waals surface area contributed by atoms with Gasteiger partial charge in [0.25, 0.3) is 0 Å². The van der Waals surface area contributed by atoms with Gasteiger partial charge < -0.3 is 11.1 Å². The molecule has 104 valence electrons. The average molecular weight is 254 g/mol. The van der Waals surface area contributed by atoms with Gasteiger partial charge in [0.2, 0.25) is 0 Å². The summed E-state index contributed by atoms with van der Waals surface area (Å²) in [6.07, 6.45) is 0.542. The van der Waals surface area contributed by atoms with Gasteiger partial charge in [-0.25, -0.2) is 0 Å². The van der Waals surface area contributed by atoms with Crippen LogP contribution in [0.15, 0.2) is 0 Å². The van der Waals surface area contributed by atoms with Crippen molar-refractivity contribution in [3.05, 3.63) is 0 Å². The molecule has 0 aromatic carbocycles. The smallest absolute Gasteiger partial charge is 0.330 e. The van der Waals surface area contributed by atoms with Gasteiger partial charge in [0.15, 0.2) is 0 Å². The van der Waals surface area contributed by atoms with Crippen molar-refractivity contribution in [3.8, 4) is 0 Å². The molecule has 0 heterocycles. The largest absolute Gasteiger partial charge is 0.390 e. The van der Waals surface area contributed by atoms with E-state index in [2.05, 4.69) is 12.2 Å². The van der Waals surface area contributed by atoms with E-state index in [1.807, 2.05) is 0 Å². The van der Waals surface area contributed by atoms with Gasteiger partial charge in [0.1, 0.15) is 0 Å². The summed E-state index contributed by atoms with van der Waals surface area (Å²) in [6.45, 7) is 3.54. The Balaban J connectivity index is 3.41. The Labute approximate surface area is 102 Å². The van der Waals surface area contributed by atoms with Crippen LogP contribution in [0.2, 0.25) is 0 Å². The van der Waals surface area contributed by atoms with Crippen molar-refractivity contribution in [2.75, 3.05) is 19.6 Å². The highest BCUT2D eigenvalue weighted by molar-refractivity contribution is 4.61. The normalized spacial score (nSPS) is 13.9. The maximum absolute atomic E-state index is 11.8. The summed E-state index contributed by atoms with van der Waals surface area (Å²) in [7, 11) is 0. The van der Waals surface area contributed by atoms with E-state index in [9.17, 15) is 13.2 Å². The predicted octanol–water partition coefficient (Wildman–Crippen LogP) is 3.07. The van der Waals surface area contributed by atoms with Crippen LogP contribution < -0.4 is 11.1 Å². The van der Waals surface area contributed by atoms with Crippen molar-refractivity contribution in [1.29, 1.82) is 0 Å². The monoisotopic (exact) mass is 254 g/mol. The predicted molar refractivity (Wildman–Crippen MR) is 64.8 cm³/mol. The van der Waals surface area contributed by atoms with Gasteiger partial charge in [0.05, 0.1) is 6.42 Å². The second kappa shape index (κ2) is 9.71. The third-order valence-electron chi connectivity index (χ3n) is 2.82. The molecule has 0 aliphatic carbocycles. The maximum Gasteiger partial charge on any atom is 0.390 e. The average Bonchev–Trinajstić information content (AvgIpc) is 2.22. The summed E-state index contributed by atoms with van der Waals surface area (Å²) in [4.78, 5) is 0. The molecule has 0 rings (SSSR count). The van der Waals surface area contributed by atoms with Crippen molar-refractivity contribution >= 4 is 0 Å². The number of hydrogen-bond acceptors (Lipinski definition) is 2. The first kappa shape index (κ1) is 16.7. The first-order valence-corrected chi connectivity index (χ1v) is 6.47. The first-order valence-electron chi connectivity index (χ1n) is 6.47. The van der Waals surface area contributed by atoms with Crippen molar-refractivity contribution in [2.24, 2.45) is 11.7 Å².